The van der Waals surface area contributed by atoms with Crippen molar-refractivity contribution in [3.05, 3.63) is 17.7 Å². The third kappa shape index (κ3) is 2.69. The normalized spacial score (nSPS) is 23.1. The van der Waals surface area contributed by atoms with Crippen LogP contribution >= 0.6 is 0 Å². The molecule has 0 bridgehead atoms. The maximum absolute atomic E-state index is 12.6. The Kier molecular flexibility index (Phi) is 3.73. The minimum Gasteiger partial charge on any atom is -0.396 e. The highest BCUT2D eigenvalue weighted by Gasteiger charge is 2.32. The van der Waals surface area contributed by atoms with E-state index in [1.54, 1.807) is 6.20 Å². The second-order valence-electron chi connectivity index (χ2n) is 5.83. The monoisotopic (exact) mass is 262 g/mol. The lowest BCUT2D eigenvalue weighted by atomic mass is 10.1. The summed E-state index contributed by atoms with van der Waals surface area (Å²) >= 11 is 0. The summed E-state index contributed by atoms with van der Waals surface area (Å²) in [5, 5.41) is 0. The van der Waals surface area contributed by atoms with Crippen LogP contribution in [0.4, 0.5) is 5.69 Å². The molecule has 2 unspecified atom stereocenters. The zero-order valence-corrected chi connectivity index (χ0v) is 12.1. The first-order valence-electron chi connectivity index (χ1n) is 6.83. The highest BCUT2D eigenvalue weighted by atomic mass is 16.2. The van der Waals surface area contributed by atoms with Gasteiger partial charge in [-0.25, -0.2) is 9.97 Å². The van der Waals surface area contributed by atoms with E-state index in [0.717, 1.165) is 13.0 Å². The standard InChI is InChI=1S/C14H22N4O/c1-8(2)13-16-6-11(15)12(17-13)14(19)18-7-9(3)5-10(18)4/h6,8-10H,5,7,15H2,1-4H3. The molecule has 1 aromatic rings. The van der Waals surface area contributed by atoms with E-state index in [1.165, 1.54) is 0 Å². The van der Waals surface area contributed by atoms with Gasteiger partial charge in [0.2, 0.25) is 0 Å². The van der Waals surface area contributed by atoms with Crippen molar-refractivity contribution in [2.75, 3.05) is 12.3 Å². The van der Waals surface area contributed by atoms with Crippen LogP contribution in [0, 0.1) is 5.92 Å². The van der Waals surface area contributed by atoms with E-state index in [0.29, 0.717) is 23.1 Å². The smallest absolute Gasteiger partial charge is 0.274 e. The molecule has 0 aromatic carbocycles. The van der Waals surface area contributed by atoms with Crippen molar-refractivity contribution in [1.29, 1.82) is 0 Å². The van der Waals surface area contributed by atoms with Crippen molar-refractivity contribution in [3.63, 3.8) is 0 Å². The summed E-state index contributed by atoms with van der Waals surface area (Å²) < 4.78 is 0. The Labute approximate surface area is 114 Å². The maximum Gasteiger partial charge on any atom is 0.274 e. The minimum atomic E-state index is -0.0707. The molecule has 104 valence electrons. The van der Waals surface area contributed by atoms with Crippen LogP contribution in [0.1, 0.15) is 56.3 Å². The maximum atomic E-state index is 12.6. The average molecular weight is 262 g/mol. The molecular weight excluding hydrogens is 240 g/mol. The Hall–Kier alpha value is -1.65. The number of amides is 1. The second kappa shape index (κ2) is 5.15. The summed E-state index contributed by atoms with van der Waals surface area (Å²) in [6.45, 7) is 9.01. The average Bonchev–Trinajstić information content (AvgIpc) is 2.68. The predicted octanol–water partition coefficient (Wildman–Crippen LogP) is 2.05. The van der Waals surface area contributed by atoms with E-state index in [2.05, 4.69) is 23.8 Å². The summed E-state index contributed by atoms with van der Waals surface area (Å²) in [6.07, 6.45) is 2.58. The Bertz CT molecular complexity index is 486. The lowest BCUT2D eigenvalue weighted by molar-refractivity contribution is 0.0738. The topological polar surface area (TPSA) is 72.1 Å². The number of rotatable bonds is 2. The Morgan fingerprint density at radius 1 is 1.47 bits per heavy atom. The van der Waals surface area contributed by atoms with Crippen LogP contribution in [0.3, 0.4) is 0 Å². The summed E-state index contributed by atoms with van der Waals surface area (Å²) in [7, 11) is 0. The van der Waals surface area contributed by atoms with Crippen LogP contribution in [-0.4, -0.2) is 33.4 Å². The molecule has 1 aromatic heterocycles. The third-order valence-corrected chi connectivity index (χ3v) is 3.60. The molecule has 2 N–H and O–H groups in total. The fraction of sp³-hybridized carbons (Fsp3) is 0.643. The van der Waals surface area contributed by atoms with Gasteiger partial charge in [-0.3, -0.25) is 4.79 Å². The summed E-state index contributed by atoms with van der Waals surface area (Å²) in [4.78, 5) is 22.9. The number of carbonyl (C=O) groups excluding carboxylic acids is 1. The van der Waals surface area contributed by atoms with Crippen LogP contribution in [0.2, 0.25) is 0 Å². The first-order chi connectivity index (χ1) is 8.90. The molecule has 2 heterocycles. The van der Waals surface area contributed by atoms with Crippen LogP contribution in [-0.2, 0) is 0 Å². The lowest BCUT2D eigenvalue weighted by Gasteiger charge is -2.22. The zero-order valence-electron chi connectivity index (χ0n) is 12.1. The lowest BCUT2D eigenvalue weighted by Crippen LogP contribution is -2.35. The third-order valence-electron chi connectivity index (χ3n) is 3.60. The van der Waals surface area contributed by atoms with Crippen molar-refractivity contribution < 1.29 is 4.79 Å². The van der Waals surface area contributed by atoms with Gasteiger partial charge in [0.15, 0.2) is 5.69 Å². The van der Waals surface area contributed by atoms with Gasteiger partial charge in [0.1, 0.15) is 5.82 Å². The largest absolute Gasteiger partial charge is 0.396 e. The van der Waals surface area contributed by atoms with Gasteiger partial charge in [-0.2, -0.15) is 0 Å². The van der Waals surface area contributed by atoms with Crippen molar-refractivity contribution in [3.8, 4) is 0 Å². The number of anilines is 1. The highest BCUT2D eigenvalue weighted by Crippen LogP contribution is 2.25. The molecule has 1 amide bonds. The summed E-state index contributed by atoms with van der Waals surface area (Å²) in [6, 6.07) is 0.249. The van der Waals surface area contributed by atoms with Crippen molar-refractivity contribution in [2.45, 2.75) is 46.1 Å². The Morgan fingerprint density at radius 2 is 2.16 bits per heavy atom. The number of nitrogens with two attached hydrogens (primary N) is 1. The number of hydrogen-bond acceptors (Lipinski definition) is 4. The van der Waals surface area contributed by atoms with E-state index >= 15 is 0 Å². The summed E-state index contributed by atoms with van der Waals surface area (Å²) in [5.41, 5.74) is 6.57. The molecule has 1 fully saturated rings. The second-order valence-corrected chi connectivity index (χ2v) is 5.83. The van der Waals surface area contributed by atoms with E-state index in [9.17, 15) is 4.79 Å². The van der Waals surface area contributed by atoms with Gasteiger partial charge < -0.3 is 10.6 Å². The number of hydrogen-bond donors (Lipinski definition) is 1. The Balaban J connectivity index is 2.30. The molecule has 5 heteroatoms. The number of likely N-dealkylation sites (tertiary alicyclic amines) is 1. The zero-order chi connectivity index (χ0) is 14.2. The predicted molar refractivity (Wildman–Crippen MR) is 74.8 cm³/mol. The van der Waals surface area contributed by atoms with Crippen LogP contribution in [0.25, 0.3) is 0 Å². The summed E-state index contributed by atoms with van der Waals surface area (Å²) in [5.74, 6) is 1.31. The SMILES string of the molecule is CC1CC(C)N(C(=O)c2nc(C(C)C)ncc2N)C1. The van der Waals surface area contributed by atoms with E-state index in [4.69, 9.17) is 5.73 Å². The molecule has 5 nitrogen and oxygen atoms in total. The Morgan fingerprint density at radius 3 is 2.68 bits per heavy atom. The molecule has 0 saturated carbocycles. The fourth-order valence-electron chi connectivity index (χ4n) is 2.57. The molecule has 0 radical (unpaired) electrons. The first kappa shape index (κ1) is 13.8. The van der Waals surface area contributed by atoms with E-state index in [-0.39, 0.29) is 17.9 Å². The van der Waals surface area contributed by atoms with Gasteiger partial charge >= 0.3 is 0 Å². The number of carbonyl (C=O) groups is 1. The van der Waals surface area contributed by atoms with Crippen molar-refractivity contribution >= 4 is 11.6 Å². The molecular formula is C14H22N4O. The van der Waals surface area contributed by atoms with Gasteiger partial charge in [-0.05, 0) is 19.3 Å². The van der Waals surface area contributed by atoms with Crippen LogP contribution in [0.5, 0.6) is 0 Å². The molecule has 0 aliphatic carbocycles. The van der Waals surface area contributed by atoms with Gasteiger partial charge in [0.25, 0.3) is 5.91 Å². The van der Waals surface area contributed by atoms with Gasteiger partial charge in [0, 0.05) is 18.5 Å². The highest BCUT2D eigenvalue weighted by molar-refractivity contribution is 5.97. The molecule has 19 heavy (non-hydrogen) atoms. The number of nitrogens with zero attached hydrogens (tertiary/aromatic N) is 3. The number of nitrogen functional groups attached to an aromatic ring is 1. The first-order valence-corrected chi connectivity index (χ1v) is 6.83. The number of aromatic nitrogens is 2. The minimum absolute atomic E-state index is 0.0707. The van der Waals surface area contributed by atoms with Crippen LogP contribution < -0.4 is 5.73 Å². The van der Waals surface area contributed by atoms with Crippen LogP contribution in [0.15, 0.2) is 6.20 Å². The molecule has 1 aliphatic rings. The van der Waals surface area contributed by atoms with Gasteiger partial charge in [-0.15, -0.1) is 0 Å². The molecule has 1 aliphatic heterocycles. The van der Waals surface area contributed by atoms with Crippen molar-refractivity contribution in [1.82, 2.24) is 14.9 Å². The quantitative estimate of drug-likeness (QED) is 0.885. The van der Waals surface area contributed by atoms with Crippen molar-refractivity contribution in [2.24, 2.45) is 5.92 Å². The fourth-order valence-corrected chi connectivity index (χ4v) is 2.57. The molecule has 2 atom stereocenters. The van der Waals surface area contributed by atoms with E-state index in [1.807, 2.05) is 18.7 Å². The molecule has 1 saturated heterocycles. The van der Waals surface area contributed by atoms with Gasteiger partial charge in [-0.1, -0.05) is 20.8 Å². The molecule has 2 rings (SSSR count). The van der Waals surface area contributed by atoms with Gasteiger partial charge in [0.05, 0.1) is 11.9 Å². The van der Waals surface area contributed by atoms with E-state index < -0.39 is 0 Å². The molecule has 0 spiro atoms.